The Morgan fingerprint density at radius 1 is 1.15 bits per heavy atom. The Hall–Kier alpha value is -3.55. The molecule has 0 bridgehead atoms. The summed E-state index contributed by atoms with van der Waals surface area (Å²) >= 11 is 0. The third-order valence-corrected chi connectivity index (χ3v) is 3.77. The zero-order valence-electron chi connectivity index (χ0n) is 14.2. The van der Waals surface area contributed by atoms with Crippen LogP contribution in [-0.2, 0) is 5.54 Å². The summed E-state index contributed by atoms with van der Waals surface area (Å²) in [7, 11) is 0. The molecule has 2 heterocycles. The highest BCUT2D eigenvalue weighted by atomic mass is 16.3. The number of hydrogen-bond donors (Lipinski definition) is 3. The van der Waals surface area contributed by atoms with Crippen molar-refractivity contribution in [3.63, 3.8) is 0 Å². The lowest BCUT2D eigenvalue weighted by atomic mass is 9.94. The number of aromatic amines is 1. The average Bonchev–Trinajstić information content (AvgIpc) is 2.62. The fourth-order valence-corrected chi connectivity index (χ4v) is 2.40. The first kappa shape index (κ1) is 17.3. The molecule has 0 fully saturated rings. The molecule has 0 aliphatic rings. The molecule has 2 aromatic heterocycles. The van der Waals surface area contributed by atoms with Crippen molar-refractivity contribution in [1.82, 2.24) is 25.3 Å². The molecule has 3 rings (SSSR count). The van der Waals surface area contributed by atoms with Crippen molar-refractivity contribution >= 4 is 5.91 Å². The number of aromatic hydroxyl groups is 1. The lowest BCUT2D eigenvalue weighted by Gasteiger charge is -2.26. The first-order valence-corrected chi connectivity index (χ1v) is 7.86. The first-order chi connectivity index (χ1) is 12.3. The van der Waals surface area contributed by atoms with Crippen molar-refractivity contribution in [2.75, 3.05) is 0 Å². The summed E-state index contributed by atoms with van der Waals surface area (Å²) in [6.45, 7) is 3.62. The van der Waals surface area contributed by atoms with Crippen LogP contribution in [0.25, 0.3) is 11.6 Å². The van der Waals surface area contributed by atoms with Crippen molar-refractivity contribution in [2.24, 2.45) is 0 Å². The van der Waals surface area contributed by atoms with E-state index in [1.807, 2.05) is 13.8 Å². The molecule has 132 valence electrons. The molecule has 1 aromatic carbocycles. The van der Waals surface area contributed by atoms with E-state index < -0.39 is 17.0 Å². The van der Waals surface area contributed by atoms with E-state index in [0.717, 1.165) is 11.6 Å². The Balaban J connectivity index is 1.89. The van der Waals surface area contributed by atoms with Crippen molar-refractivity contribution in [1.29, 1.82) is 0 Å². The molecular weight excluding hydrogens is 334 g/mol. The fourth-order valence-electron chi connectivity index (χ4n) is 2.40. The van der Waals surface area contributed by atoms with Gasteiger partial charge in [0.15, 0.2) is 11.6 Å². The second-order valence-electron chi connectivity index (χ2n) is 6.18. The summed E-state index contributed by atoms with van der Waals surface area (Å²) < 4.78 is 0. The van der Waals surface area contributed by atoms with E-state index in [0.29, 0.717) is 0 Å². The number of amides is 1. The predicted octanol–water partition coefficient (Wildman–Crippen LogP) is 1.60. The molecule has 3 aromatic rings. The predicted molar refractivity (Wildman–Crippen MR) is 94.5 cm³/mol. The Bertz CT molecular complexity index is 982. The van der Waals surface area contributed by atoms with Crippen LogP contribution in [0, 0.1) is 0 Å². The molecule has 0 radical (unpaired) electrons. The second-order valence-corrected chi connectivity index (χ2v) is 6.18. The van der Waals surface area contributed by atoms with Crippen molar-refractivity contribution in [2.45, 2.75) is 19.4 Å². The minimum absolute atomic E-state index is 0.0388. The minimum atomic E-state index is -0.738. The van der Waals surface area contributed by atoms with Crippen LogP contribution in [-0.4, -0.2) is 30.9 Å². The zero-order valence-corrected chi connectivity index (χ0v) is 14.2. The van der Waals surface area contributed by atoms with Gasteiger partial charge in [0.05, 0.1) is 5.54 Å². The van der Waals surface area contributed by atoms with Crippen LogP contribution in [0.1, 0.15) is 29.9 Å². The van der Waals surface area contributed by atoms with Crippen LogP contribution < -0.4 is 10.9 Å². The van der Waals surface area contributed by atoms with Gasteiger partial charge in [0.25, 0.3) is 11.5 Å². The number of carbonyl (C=O) groups excluding carboxylic acids is 1. The zero-order chi connectivity index (χ0) is 18.7. The number of nitrogens with zero attached hydrogens (tertiary/aromatic N) is 3. The summed E-state index contributed by atoms with van der Waals surface area (Å²) in [5, 5.41) is 12.2. The number of H-pyrrole nitrogens is 1. The van der Waals surface area contributed by atoms with Gasteiger partial charge >= 0.3 is 0 Å². The van der Waals surface area contributed by atoms with Crippen LogP contribution in [0.5, 0.6) is 5.75 Å². The van der Waals surface area contributed by atoms with Gasteiger partial charge in [-0.3, -0.25) is 9.59 Å². The molecule has 26 heavy (non-hydrogen) atoms. The van der Waals surface area contributed by atoms with E-state index in [2.05, 4.69) is 25.3 Å². The maximum Gasteiger partial charge on any atom is 0.270 e. The van der Waals surface area contributed by atoms with Gasteiger partial charge in [-0.15, -0.1) is 0 Å². The van der Waals surface area contributed by atoms with E-state index in [1.165, 1.54) is 12.4 Å². The fraction of sp³-hybridized carbons (Fsp3) is 0.167. The SMILES string of the molecule is CC(C)(NC(=O)c1cc(=O)[nH]c(-c2ncccn2)n1)c1ccc(O)cc1. The average molecular weight is 351 g/mol. The van der Waals surface area contributed by atoms with Crippen molar-refractivity contribution in [3.05, 3.63) is 70.4 Å². The molecule has 1 amide bonds. The van der Waals surface area contributed by atoms with Gasteiger partial charge in [-0.05, 0) is 37.6 Å². The Kier molecular flexibility index (Phi) is 4.49. The Labute approximate surface area is 149 Å². The monoisotopic (exact) mass is 351 g/mol. The maximum absolute atomic E-state index is 12.6. The topological polar surface area (TPSA) is 121 Å². The Morgan fingerprint density at radius 3 is 2.46 bits per heavy atom. The van der Waals surface area contributed by atoms with Gasteiger partial charge in [-0.25, -0.2) is 15.0 Å². The summed E-state index contributed by atoms with van der Waals surface area (Å²) in [4.78, 5) is 39.2. The minimum Gasteiger partial charge on any atom is -0.508 e. The molecule has 0 saturated heterocycles. The lowest BCUT2D eigenvalue weighted by molar-refractivity contribution is 0.0906. The third kappa shape index (κ3) is 3.75. The second kappa shape index (κ2) is 6.75. The Morgan fingerprint density at radius 2 is 1.81 bits per heavy atom. The van der Waals surface area contributed by atoms with E-state index in [1.54, 1.807) is 30.3 Å². The van der Waals surface area contributed by atoms with Gasteiger partial charge in [0, 0.05) is 18.5 Å². The first-order valence-electron chi connectivity index (χ1n) is 7.86. The highest BCUT2D eigenvalue weighted by molar-refractivity contribution is 5.93. The van der Waals surface area contributed by atoms with E-state index in [-0.39, 0.29) is 23.1 Å². The van der Waals surface area contributed by atoms with Crippen LogP contribution in [0.15, 0.2) is 53.6 Å². The van der Waals surface area contributed by atoms with Crippen molar-refractivity contribution in [3.8, 4) is 17.4 Å². The van der Waals surface area contributed by atoms with Crippen LogP contribution in [0.2, 0.25) is 0 Å². The molecule has 0 aliphatic carbocycles. The third-order valence-electron chi connectivity index (χ3n) is 3.77. The number of nitrogens with one attached hydrogen (secondary N) is 2. The largest absolute Gasteiger partial charge is 0.508 e. The van der Waals surface area contributed by atoms with Gasteiger partial charge in [0.1, 0.15) is 11.4 Å². The van der Waals surface area contributed by atoms with Gasteiger partial charge in [-0.2, -0.15) is 0 Å². The number of phenols is 1. The normalized spacial score (nSPS) is 11.2. The van der Waals surface area contributed by atoms with Crippen LogP contribution in [0.3, 0.4) is 0 Å². The van der Waals surface area contributed by atoms with E-state index >= 15 is 0 Å². The van der Waals surface area contributed by atoms with Crippen LogP contribution in [0.4, 0.5) is 0 Å². The standard InChI is InChI=1S/C18H17N5O3/c1-18(2,11-4-6-12(24)7-5-11)23-17(26)13-10-14(25)22-16(21-13)15-19-8-3-9-20-15/h3-10,24H,1-2H3,(H,23,26)(H,21,22,25). The van der Waals surface area contributed by atoms with Crippen LogP contribution >= 0.6 is 0 Å². The number of hydrogen-bond acceptors (Lipinski definition) is 6. The maximum atomic E-state index is 12.6. The summed E-state index contributed by atoms with van der Waals surface area (Å²) in [6.07, 6.45) is 3.03. The molecule has 0 unspecified atom stereocenters. The van der Waals surface area contributed by atoms with E-state index in [9.17, 15) is 14.7 Å². The quantitative estimate of drug-likeness (QED) is 0.656. The highest BCUT2D eigenvalue weighted by Crippen LogP contribution is 2.22. The number of phenolic OH excluding ortho intramolecular Hbond substituents is 1. The van der Waals surface area contributed by atoms with Gasteiger partial charge in [0.2, 0.25) is 0 Å². The molecule has 3 N–H and O–H groups in total. The molecule has 0 spiro atoms. The number of rotatable bonds is 4. The number of benzene rings is 1. The molecule has 8 heteroatoms. The van der Waals surface area contributed by atoms with Gasteiger partial charge in [-0.1, -0.05) is 12.1 Å². The molecule has 0 saturated carbocycles. The molecule has 8 nitrogen and oxygen atoms in total. The highest BCUT2D eigenvalue weighted by Gasteiger charge is 2.24. The molecule has 0 atom stereocenters. The lowest BCUT2D eigenvalue weighted by Crippen LogP contribution is -2.41. The number of aromatic nitrogens is 4. The number of carbonyl (C=O) groups is 1. The molecule has 0 aliphatic heterocycles. The van der Waals surface area contributed by atoms with Gasteiger partial charge < -0.3 is 15.4 Å². The smallest absolute Gasteiger partial charge is 0.270 e. The summed E-state index contributed by atoms with van der Waals surface area (Å²) in [5.74, 6) is -0.0336. The summed E-state index contributed by atoms with van der Waals surface area (Å²) in [6, 6.07) is 9.26. The molecular formula is C18H17N5O3. The van der Waals surface area contributed by atoms with E-state index in [4.69, 9.17) is 0 Å². The summed E-state index contributed by atoms with van der Waals surface area (Å²) in [5.41, 5.74) is -0.462. The van der Waals surface area contributed by atoms with Crippen molar-refractivity contribution < 1.29 is 9.90 Å².